The topological polar surface area (TPSA) is 49.4 Å². The van der Waals surface area contributed by atoms with E-state index in [9.17, 15) is 9.59 Å². The molecule has 3 rings (SSSR count). The number of carbonyl (C=O) groups is 2. The molecule has 2 heterocycles. The molecular weight excluding hydrogens is 252 g/mol. The molecule has 0 atom stereocenters. The number of amides is 2. The zero-order chi connectivity index (χ0) is 14.2. The van der Waals surface area contributed by atoms with E-state index in [4.69, 9.17) is 0 Å². The van der Waals surface area contributed by atoms with Crippen LogP contribution in [0.2, 0.25) is 0 Å². The molecule has 1 aromatic rings. The maximum absolute atomic E-state index is 12.5. The fourth-order valence-corrected chi connectivity index (χ4v) is 3.25. The van der Waals surface area contributed by atoms with E-state index in [-0.39, 0.29) is 17.2 Å². The second-order valence-electron chi connectivity index (χ2n) is 6.12. The number of nitrogens with zero attached hydrogens (tertiary/aromatic N) is 1. The molecule has 2 amide bonds. The van der Waals surface area contributed by atoms with Crippen molar-refractivity contribution in [2.45, 2.75) is 26.2 Å². The van der Waals surface area contributed by atoms with Gasteiger partial charge < -0.3 is 10.2 Å². The van der Waals surface area contributed by atoms with Gasteiger partial charge in [0.1, 0.15) is 0 Å². The standard InChI is InChI=1S/C16H20N2O2/c1-12-3-2-4-13(9-12)15(20)18-7-5-16(6-8-18)10-14(19)17-11-16/h2-4,9H,5-8,10-11H2,1H3,(H,17,19). The van der Waals surface area contributed by atoms with Crippen LogP contribution in [0.5, 0.6) is 0 Å². The summed E-state index contributed by atoms with van der Waals surface area (Å²) in [5, 5.41) is 2.92. The molecule has 1 spiro atoms. The molecule has 2 aliphatic rings. The summed E-state index contributed by atoms with van der Waals surface area (Å²) >= 11 is 0. The summed E-state index contributed by atoms with van der Waals surface area (Å²) in [7, 11) is 0. The Balaban J connectivity index is 1.66. The lowest BCUT2D eigenvalue weighted by Gasteiger charge is -2.38. The van der Waals surface area contributed by atoms with E-state index in [0.717, 1.165) is 43.6 Å². The van der Waals surface area contributed by atoms with E-state index in [1.54, 1.807) is 0 Å². The number of piperidine rings is 1. The van der Waals surface area contributed by atoms with Crippen LogP contribution in [0.3, 0.4) is 0 Å². The largest absolute Gasteiger partial charge is 0.356 e. The highest BCUT2D eigenvalue weighted by Gasteiger charge is 2.41. The number of likely N-dealkylation sites (tertiary alicyclic amines) is 1. The Morgan fingerprint density at radius 3 is 2.65 bits per heavy atom. The highest BCUT2D eigenvalue weighted by Crippen LogP contribution is 2.37. The van der Waals surface area contributed by atoms with E-state index >= 15 is 0 Å². The van der Waals surface area contributed by atoms with Crippen LogP contribution in [-0.2, 0) is 4.79 Å². The number of nitrogens with one attached hydrogen (secondary N) is 1. The summed E-state index contributed by atoms with van der Waals surface area (Å²) in [5.41, 5.74) is 1.97. The van der Waals surface area contributed by atoms with Crippen molar-refractivity contribution < 1.29 is 9.59 Å². The average molecular weight is 272 g/mol. The van der Waals surface area contributed by atoms with Crippen LogP contribution in [-0.4, -0.2) is 36.3 Å². The van der Waals surface area contributed by atoms with Crippen LogP contribution in [0, 0.1) is 12.3 Å². The van der Waals surface area contributed by atoms with Crippen molar-refractivity contribution in [1.29, 1.82) is 0 Å². The van der Waals surface area contributed by atoms with Crippen LogP contribution in [0.4, 0.5) is 0 Å². The monoisotopic (exact) mass is 272 g/mol. The number of hydrogen-bond donors (Lipinski definition) is 1. The van der Waals surface area contributed by atoms with Crippen molar-refractivity contribution in [3.05, 3.63) is 35.4 Å². The molecule has 4 heteroatoms. The lowest BCUT2D eigenvalue weighted by atomic mass is 9.77. The summed E-state index contributed by atoms with van der Waals surface area (Å²) in [6.45, 7) is 4.28. The lowest BCUT2D eigenvalue weighted by Crippen LogP contribution is -2.44. The van der Waals surface area contributed by atoms with E-state index < -0.39 is 0 Å². The zero-order valence-corrected chi connectivity index (χ0v) is 11.8. The van der Waals surface area contributed by atoms with Crippen LogP contribution >= 0.6 is 0 Å². The Hall–Kier alpha value is -1.84. The predicted molar refractivity (Wildman–Crippen MR) is 76.4 cm³/mol. The number of hydrogen-bond acceptors (Lipinski definition) is 2. The zero-order valence-electron chi connectivity index (χ0n) is 11.8. The van der Waals surface area contributed by atoms with Gasteiger partial charge in [0.2, 0.25) is 5.91 Å². The molecule has 2 saturated heterocycles. The Kier molecular flexibility index (Phi) is 3.24. The Labute approximate surface area is 119 Å². The lowest BCUT2D eigenvalue weighted by molar-refractivity contribution is -0.119. The van der Waals surface area contributed by atoms with E-state index in [0.29, 0.717) is 6.42 Å². The van der Waals surface area contributed by atoms with Crippen LogP contribution in [0.1, 0.15) is 35.2 Å². The predicted octanol–water partition coefficient (Wildman–Crippen LogP) is 1.74. The molecule has 1 aromatic carbocycles. The third kappa shape index (κ3) is 2.42. The molecule has 0 aliphatic carbocycles. The van der Waals surface area contributed by atoms with Crippen molar-refractivity contribution in [3.63, 3.8) is 0 Å². The maximum atomic E-state index is 12.5. The number of carbonyl (C=O) groups excluding carboxylic acids is 2. The Morgan fingerprint density at radius 1 is 1.30 bits per heavy atom. The number of benzene rings is 1. The summed E-state index contributed by atoms with van der Waals surface area (Å²) < 4.78 is 0. The van der Waals surface area contributed by atoms with Crippen LogP contribution in [0.15, 0.2) is 24.3 Å². The van der Waals surface area contributed by atoms with Crippen molar-refractivity contribution >= 4 is 11.8 Å². The first-order valence-electron chi connectivity index (χ1n) is 7.21. The van der Waals surface area contributed by atoms with Gasteiger partial charge in [0.25, 0.3) is 5.91 Å². The van der Waals surface area contributed by atoms with Crippen molar-refractivity contribution in [2.24, 2.45) is 5.41 Å². The minimum absolute atomic E-state index is 0.0977. The molecule has 1 N–H and O–H groups in total. The van der Waals surface area contributed by atoms with Gasteiger partial charge in [-0.05, 0) is 37.3 Å². The van der Waals surface area contributed by atoms with Gasteiger partial charge in [0, 0.05) is 31.6 Å². The maximum Gasteiger partial charge on any atom is 0.253 e. The molecule has 2 aliphatic heterocycles. The Bertz CT molecular complexity index is 545. The normalized spacial score (nSPS) is 21.1. The van der Waals surface area contributed by atoms with Crippen LogP contribution < -0.4 is 5.32 Å². The van der Waals surface area contributed by atoms with Crippen LogP contribution in [0.25, 0.3) is 0 Å². The first-order valence-corrected chi connectivity index (χ1v) is 7.21. The number of aryl methyl sites for hydroxylation is 1. The average Bonchev–Trinajstić information content (AvgIpc) is 2.80. The SMILES string of the molecule is Cc1cccc(C(=O)N2CCC3(CC2)CNC(=O)C3)c1. The highest BCUT2D eigenvalue weighted by molar-refractivity contribution is 5.94. The molecule has 0 unspecified atom stereocenters. The Morgan fingerprint density at radius 2 is 2.05 bits per heavy atom. The van der Waals surface area contributed by atoms with Gasteiger partial charge in [0.15, 0.2) is 0 Å². The molecule has 0 aromatic heterocycles. The van der Waals surface area contributed by atoms with Gasteiger partial charge in [-0.15, -0.1) is 0 Å². The molecule has 2 fully saturated rings. The fourth-order valence-electron chi connectivity index (χ4n) is 3.25. The highest BCUT2D eigenvalue weighted by atomic mass is 16.2. The molecular formula is C16H20N2O2. The van der Waals surface area contributed by atoms with Gasteiger partial charge in [-0.3, -0.25) is 9.59 Å². The summed E-state index contributed by atoms with van der Waals surface area (Å²) in [5.74, 6) is 0.268. The summed E-state index contributed by atoms with van der Waals surface area (Å²) in [6.07, 6.45) is 2.46. The fraction of sp³-hybridized carbons (Fsp3) is 0.500. The second-order valence-corrected chi connectivity index (χ2v) is 6.12. The summed E-state index contributed by atoms with van der Waals surface area (Å²) in [4.78, 5) is 25.8. The molecule has 0 bridgehead atoms. The van der Waals surface area contributed by atoms with Gasteiger partial charge in [-0.25, -0.2) is 0 Å². The van der Waals surface area contributed by atoms with Gasteiger partial charge in [0.05, 0.1) is 0 Å². The second kappa shape index (κ2) is 4.93. The molecule has 0 radical (unpaired) electrons. The first-order chi connectivity index (χ1) is 9.58. The minimum Gasteiger partial charge on any atom is -0.356 e. The third-order valence-electron chi connectivity index (χ3n) is 4.57. The first kappa shape index (κ1) is 13.2. The summed E-state index contributed by atoms with van der Waals surface area (Å²) in [6, 6.07) is 7.74. The molecule has 20 heavy (non-hydrogen) atoms. The number of rotatable bonds is 1. The van der Waals surface area contributed by atoms with E-state index in [2.05, 4.69) is 5.32 Å². The van der Waals surface area contributed by atoms with Crippen molar-refractivity contribution in [1.82, 2.24) is 10.2 Å². The van der Waals surface area contributed by atoms with Gasteiger partial charge in [-0.2, -0.15) is 0 Å². The molecule has 4 nitrogen and oxygen atoms in total. The molecule has 0 saturated carbocycles. The van der Waals surface area contributed by atoms with E-state index in [1.807, 2.05) is 36.1 Å². The van der Waals surface area contributed by atoms with Gasteiger partial charge >= 0.3 is 0 Å². The smallest absolute Gasteiger partial charge is 0.253 e. The quantitative estimate of drug-likeness (QED) is 0.846. The van der Waals surface area contributed by atoms with Gasteiger partial charge in [-0.1, -0.05) is 17.7 Å². The molecule has 106 valence electrons. The van der Waals surface area contributed by atoms with Crippen molar-refractivity contribution in [2.75, 3.05) is 19.6 Å². The minimum atomic E-state index is 0.0977. The van der Waals surface area contributed by atoms with Crippen molar-refractivity contribution in [3.8, 4) is 0 Å². The third-order valence-corrected chi connectivity index (χ3v) is 4.57. The van der Waals surface area contributed by atoms with E-state index in [1.165, 1.54) is 0 Å².